The summed E-state index contributed by atoms with van der Waals surface area (Å²) in [5, 5.41) is 0.972. The van der Waals surface area contributed by atoms with E-state index >= 15 is 0 Å². The summed E-state index contributed by atoms with van der Waals surface area (Å²) in [6.07, 6.45) is 6.84. The molecule has 3 nitrogen and oxygen atoms in total. The summed E-state index contributed by atoms with van der Waals surface area (Å²) in [5.41, 5.74) is 8.34. The van der Waals surface area contributed by atoms with E-state index in [0.717, 1.165) is 35.2 Å². The standard InChI is InChI=1S/C14H16N2O/c15-12-4-5-14-13(6-12)11(9-17)8-16(14)7-10-2-1-3-10/h4-6,8-10H,1-3,7,15H2. The van der Waals surface area contributed by atoms with Crippen molar-refractivity contribution in [3.05, 3.63) is 30.0 Å². The molecule has 1 aromatic carbocycles. The van der Waals surface area contributed by atoms with Crippen molar-refractivity contribution >= 4 is 22.9 Å². The van der Waals surface area contributed by atoms with Gasteiger partial charge in [-0.1, -0.05) is 6.42 Å². The van der Waals surface area contributed by atoms with Gasteiger partial charge in [-0.15, -0.1) is 0 Å². The highest BCUT2D eigenvalue weighted by Crippen LogP contribution is 2.30. The van der Waals surface area contributed by atoms with Gasteiger partial charge in [0.1, 0.15) is 0 Å². The van der Waals surface area contributed by atoms with E-state index in [4.69, 9.17) is 5.73 Å². The number of aromatic nitrogens is 1. The molecule has 0 unspecified atom stereocenters. The van der Waals surface area contributed by atoms with Gasteiger partial charge in [0.2, 0.25) is 0 Å². The average molecular weight is 228 g/mol. The molecule has 2 N–H and O–H groups in total. The normalized spacial score (nSPS) is 16.0. The Bertz CT molecular complexity index is 567. The lowest BCUT2D eigenvalue weighted by Gasteiger charge is -2.26. The highest BCUT2D eigenvalue weighted by Gasteiger charge is 2.19. The van der Waals surface area contributed by atoms with Gasteiger partial charge in [0.25, 0.3) is 0 Å². The molecule has 3 heteroatoms. The van der Waals surface area contributed by atoms with E-state index in [-0.39, 0.29) is 0 Å². The molecule has 0 atom stereocenters. The molecule has 1 heterocycles. The summed E-state index contributed by atoms with van der Waals surface area (Å²) in [5.74, 6) is 0.780. The average Bonchev–Trinajstić information content (AvgIpc) is 2.61. The molecule has 0 bridgehead atoms. The van der Waals surface area contributed by atoms with Crippen LogP contribution in [0.25, 0.3) is 10.9 Å². The first-order valence-corrected chi connectivity index (χ1v) is 6.11. The van der Waals surface area contributed by atoms with Crippen LogP contribution < -0.4 is 5.73 Å². The molecule has 0 spiro atoms. The smallest absolute Gasteiger partial charge is 0.152 e. The minimum absolute atomic E-state index is 0.710. The summed E-state index contributed by atoms with van der Waals surface area (Å²) in [4.78, 5) is 11.1. The maximum atomic E-state index is 11.1. The third-order valence-electron chi connectivity index (χ3n) is 3.74. The van der Waals surface area contributed by atoms with E-state index in [9.17, 15) is 4.79 Å². The van der Waals surface area contributed by atoms with Gasteiger partial charge >= 0.3 is 0 Å². The van der Waals surface area contributed by atoms with Crippen LogP contribution in [-0.4, -0.2) is 10.9 Å². The molecule has 0 aliphatic heterocycles. The number of carbonyl (C=O) groups is 1. The Morgan fingerprint density at radius 2 is 2.24 bits per heavy atom. The number of carbonyl (C=O) groups excluding carboxylic acids is 1. The van der Waals surface area contributed by atoms with E-state index < -0.39 is 0 Å². The third kappa shape index (κ3) is 1.71. The van der Waals surface area contributed by atoms with Gasteiger partial charge in [0.15, 0.2) is 6.29 Å². The molecule has 1 fully saturated rings. The van der Waals surface area contributed by atoms with Crippen LogP contribution in [0.4, 0.5) is 5.69 Å². The van der Waals surface area contributed by atoms with Gasteiger partial charge in [-0.2, -0.15) is 0 Å². The number of nitrogens with two attached hydrogens (primary N) is 1. The van der Waals surface area contributed by atoms with Gasteiger partial charge in [0.05, 0.1) is 0 Å². The number of benzene rings is 1. The van der Waals surface area contributed by atoms with Crippen molar-refractivity contribution in [3.8, 4) is 0 Å². The fourth-order valence-electron chi connectivity index (χ4n) is 2.54. The summed E-state index contributed by atoms with van der Waals surface area (Å²) in [7, 11) is 0. The Morgan fingerprint density at radius 1 is 1.41 bits per heavy atom. The van der Waals surface area contributed by atoms with Crippen LogP contribution in [-0.2, 0) is 6.54 Å². The number of anilines is 1. The van der Waals surface area contributed by atoms with Crippen molar-refractivity contribution in [2.24, 2.45) is 5.92 Å². The van der Waals surface area contributed by atoms with Crippen LogP contribution >= 0.6 is 0 Å². The van der Waals surface area contributed by atoms with Crippen molar-refractivity contribution in [1.29, 1.82) is 0 Å². The Kier molecular flexibility index (Phi) is 2.39. The Morgan fingerprint density at radius 3 is 2.88 bits per heavy atom. The second kappa shape index (κ2) is 3.91. The lowest BCUT2D eigenvalue weighted by atomic mass is 9.85. The number of nitrogens with zero attached hydrogens (tertiary/aromatic N) is 1. The van der Waals surface area contributed by atoms with Crippen molar-refractivity contribution < 1.29 is 4.79 Å². The topological polar surface area (TPSA) is 48.0 Å². The Labute approximate surface area is 100 Å². The quantitative estimate of drug-likeness (QED) is 0.648. The second-order valence-electron chi connectivity index (χ2n) is 4.93. The van der Waals surface area contributed by atoms with E-state index in [1.807, 2.05) is 24.4 Å². The minimum atomic E-state index is 0.710. The number of hydrogen-bond acceptors (Lipinski definition) is 2. The molecule has 3 rings (SSSR count). The molecule has 0 amide bonds. The molecule has 0 saturated heterocycles. The van der Waals surface area contributed by atoms with Crippen molar-refractivity contribution in [2.75, 3.05) is 5.73 Å². The number of rotatable bonds is 3. The summed E-state index contributed by atoms with van der Waals surface area (Å²) < 4.78 is 2.20. The molecule has 1 aromatic heterocycles. The van der Waals surface area contributed by atoms with Crippen LogP contribution in [0.2, 0.25) is 0 Å². The van der Waals surface area contributed by atoms with E-state index in [1.54, 1.807) is 0 Å². The third-order valence-corrected chi connectivity index (χ3v) is 3.74. The van der Waals surface area contributed by atoms with Gasteiger partial charge in [-0.25, -0.2) is 0 Å². The van der Waals surface area contributed by atoms with Crippen LogP contribution in [0.3, 0.4) is 0 Å². The van der Waals surface area contributed by atoms with Gasteiger partial charge < -0.3 is 10.3 Å². The Hall–Kier alpha value is -1.77. The van der Waals surface area contributed by atoms with E-state index in [1.165, 1.54) is 19.3 Å². The molecule has 88 valence electrons. The van der Waals surface area contributed by atoms with Crippen LogP contribution in [0.15, 0.2) is 24.4 Å². The first-order valence-electron chi connectivity index (χ1n) is 6.11. The zero-order valence-corrected chi connectivity index (χ0v) is 9.73. The number of fused-ring (bicyclic) bond motifs is 1. The second-order valence-corrected chi connectivity index (χ2v) is 4.93. The molecule has 17 heavy (non-hydrogen) atoms. The zero-order chi connectivity index (χ0) is 11.8. The van der Waals surface area contributed by atoms with Crippen LogP contribution in [0.1, 0.15) is 29.6 Å². The van der Waals surface area contributed by atoms with E-state index in [2.05, 4.69) is 4.57 Å². The molecule has 1 aliphatic carbocycles. The predicted molar refractivity (Wildman–Crippen MR) is 69.1 cm³/mol. The predicted octanol–water partition coefficient (Wildman–Crippen LogP) is 2.84. The van der Waals surface area contributed by atoms with Crippen LogP contribution in [0.5, 0.6) is 0 Å². The molecular weight excluding hydrogens is 212 g/mol. The van der Waals surface area contributed by atoms with E-state index in [0.29, 0.717) is 5.69 Å². The fraction of sp³-hybridized carbons (Fsp3) is 0.357. The van der Waals surface area contributed by atoms with Gasteiger partial charge in [0, 0.05) is 34.9 Å². The molecular formula is C14H16N2O. The summed E-state index contributed by atoms with van der Waals surface area (Å²) in [6, 6.07) is 5.79. The highest BCUT2D eigenvalue weighted by molar-refractivity contribution is 5.98. The highest BCUT2D eigenvalue weighted by atomic mass is 16.1. The first kappa shape index (κ1) is 10.4. The molecule has 1 aliphatic rings. The van der Waals surface area contributed by atoms with Gasteiger partial charge in [-0.3, -0.25) is 4.79 Å². The molecule has 1 saturated carbocycles. The zero-order valence-electron chi connectivity index (χ0n) is 9.73. The molecule has 2 aromatic rings. The Balaban J connectivity index is 2.07. The number of aldehydes is 1. The maximum absolute atomic E-state index is 11.1. The monoisotopic (exact) mass is 228 g/mol. The number of nitrogen functional groups attached to an aromatic ring is 1. The fourth-order valence-corrected chi connectivity index (χ4v) is 2.54. The summed E-state index contributed by atoms with van der Waals surface area (Å²) >= 11 is 0. The minimum Gasteiger partial charge on any atom is -0.399 e. The lowest BCUT2D eigenvalue weighted by molar-refractivity contribution is 0.112. The SMILES string of the molecule is Nc1ccc2c(c1)c(C=O)cn2CC1CCC1. The first-order chi connectivity index (χ1) is 8.28. The van der Waals surface area contributed by atoms with Crippen molar-refractivity contribution in [2.45, 2.75) is 25.8 Å². The molecule has 0 radical (unpaired) electrons. The van der Waals surface area contributed by atoms with Crippen LogP contribution in [0, 0.1) is 5.92 Å². The largest absolute Gasteiger partial charge is 0.399 e. The van der Waals surface area contributed by atoms with Gasteiger partial charge in [-0.05, 0) is 37.0 Å². The van der Waals surface area contributed by atoms with Crippen molar-refractivity contribution in [3.63, 3.8) is 0 Å². The summed E-state index contributed by atoms with van der Waals surface area (Å²) in [6.45, 7) is 1.02. The maximum Gasteiger partial charge on any atom is 0.152 e. The lowest BCUT2D eigenvalue weighted by Crippen LogP contribution is -2.17. The number of hydrogen-bond donors (Lipinski definition) is 1. The van der Waals surface area contributed by atoms with Crippen molar-refractivity contribution in [1.82, 2.24) is 4.57 Å².